The van der Waals surface area contributed by atoms with E-state index in [1.54, 1.807) is 12.3 Å². The Morgan fingerprint density at radius 1 is 1.17 bits per heavy atom. The van der Waals surface area contributed by atoms with Crippen LogP contribution in [0.15, 0.2) is 47.5 Å². The van der Waals surface area contributed by atoms with Crippen LogP contribution in [0.5, 0.6) is 5.88 Å². The first-order valence-corrected chi connectivity index (χ1v) is 12.1. The molecule has 4 heterocycles. The zero-order valence-electron chi connectivity index (χ0n) is 20.7. The lowest BCUT2D eigenvalue weighted by Crippen LogP contribution is -2.50. The number of rotatable bonds is 5. The van der Waals surface area contributed by atoms with Crippen molar-refractivity contribution in [3.8, 4) is 5.88 Å². The number of benzene rings is 1. The van der Waals surface area contributed by atoms with Crippen LogP contribution in [0.25, 0.3) is 0 Å². The fraction of sp³-hybridized carbons (Fsp3) is 0.346. The van der Waals surface area contributed by atoms with Gasteiger partial charge in [-0.2, -0.15) is 0 Å². The summed E-state index contributed by atoms with van der Waals surface area (Å²) in [6, 6.07) is 9.87. The SMILES string of the molecule is Cc1c(Nc2cc[nH]c(=O)c2C(=O)Nc2ccc(N3CCN(C)[C@@H](C)C3)cc2)cnc2c1NCCO2. The van der Waals surface area contributed by atoms with Gasteiger partial charge < -0.3 is 35.5 Å². The maximum Gasteiger partial charge on any atom is 0.263 e. The van der Waals surface area contributed by atoms with Gasteiger partial charge in [0.05, 0.1) is 17.6 Å². The Labute approximate surface area is 209 Å². The number of aromatic amines is 1. The third-order valence-corrected chi connectivity index (χ3v) is 6.85. The van der Waals surface area contributed by atoms with E-state index in [-0.39, 0.29) is 5.56 Å². The van der Waals surface area contributed by atoms with Crippen LogP contribution in [-0.4, -0.2) is 66.7 Å². The molecule has 5 rings (SSSR count). The Bertz CT molecular complexity index is 1320. The minimum atomic E-state index is -0.495. The van der Waals surface area contributed by atoms with E-state index in [1.165, 1.54) is 6.20 Å². The molecular weight excluding hydrogens is 458 g/mol. The number of likely N-dealkylation sites (N-methyl/N-ethyl adjacent to an activating group) is 1. The summed E-state index contributed by atoms with van der Waals surface area (Å²) in [6.45, 7) is 8.31. The standard InChI is InChI=1S/C26H31N7O3/c1-16-15-33(12-11-32(16)3)19-6-4-18(5-7-19)30-25(35)22-20(8-9-28-24(22)34)31-21-14-29-26-23(17(21)2)27-10-13-36-26/h4-9,14,16,27H,10-13,15H2,1-3H3,(H,30,35)(H2,28,31,34)/t16-/m0/s1. The Morgan fingerprint density at radius 3 is 2.75 bits per heavy atom. The molecule has 2 aromatic heterocycles. The van der Waals surface area contributed by atoms with Crippen molar-refractivity contribution in [3.63, 3.8) is 0 Å². The molecule has 10 heteroatoms. The van der Waals surface area contributed by atoms with Gasteiger partial charge in [-0.05, 0) is 51.2 Å². The van der Waals surface area contributed by atoms with Crippen molar-refractivity contribution in [2.75, 3.05) is 60.7 Å². The molecule has 0 saturated carbocycles. The zero-order valence-corrected chi connectivity index (χ0v) is 20.7. The van der Waals surface area contributed by atoms with Crippen LogP contribution in [-0.2, 0) is 0 Å². The third kappa shape index (κ3) is 4.72. The number of carbonyl (C=O) groups is 1. The topological polar surface area (TPSA) is 115 Å². The van der Waals surface area contributed by atoms with Gasteiger partial charge in [0.15, 0.2) is 0 Å². The van der Waals surface area contributed by atoms with Gasteiger partial charge in [0.1, 0.15) is 17.9 Å². The number of hydrogen-bond acceptors (Lipinski definition) is 8. The summed E-state index contributed by atoms with van der Waals surface area (Å²) in [5, 5.41) is 9.36. The van der Waals surface area contributed by atoms with Crippen molar-refractivity contribution >= 4 is 34.3 Å². The van der Waals surface area contributed by atoms with Gasteiger partial charge in [-0.3, -0.25) is 9.59 Å². The summed E-state index contributed by atoms with van der Waals surface area (Å²) in [4.78, 5) is 37.5. The first-order valence-electron chi connectivity index (χ1n) is 12.1. The van der Waals surface area contributed by atoms with Gasteiger partial charge in [-0.15, -0.1) is 0 Å². The Balaban J connectivity index is 1.34. The van der Waals surface area contributed by atoms with E-state index in [9.17, 15) is 9.59 Å². The second-order valence-corrected chi connectivity index (χ2v) is 9.25. The van der Waals surface area contributed by atoms with Gasteiger partial charge in [-0.1, -0.05) is 0 Å². The van der Waals surface area contributed by atoms with E-state index in [0.717, 1.165) is 36.6 Å². The summed E-state index contributed by atoms with van der Waals surface area (Å²) in [5.41, 5.74) is 4.01. The van der Waals surface area contributed by atoms with E-state index < -0.39 is 11.5 Å². The van der Waals surface area contributed by atoms with Crippen LogP contribution in [0.3, 0.4) is 0 Å². The summed E-state index contributed by atoms with van der Waals surface area (Å²) in [7, 11) is 2.14. The summed E-state index contributed by atoms with van der Waals surface area (Å²) in [5.74, 6) is 0.0491. The highest BCUT2D eigenvalue weighted by Gasteiger charge is 2.22. The number of hydrogen-bond donors (Lipinski definition) is 4. The molecule has 2 aliphatic rings. The normalized spacial score (nSPS) is 17.5. The quantitative estimate of drug-likeness (QED) is 0.433. The molecule has 188 valence electrons. The molecule has 1 atom stereocenters. The fourth-order valence-electron chi connectivity index (χ4n) is 4.53. The number of nitrogens with zero attached hydrogens (tertiary/aromatic N) is 3. The van der Waals surface area contributed by atoms with Crippen LogP contribution >= 0.6 is 0 Å². The lowest BCUT2D eigenvalue weighted by atomic mass is 10.1. The highest BCUT2D eigenvalue weighted by atomic mass is 16.5. The minimum absolute atomic E-state index is 0.00389. The lowest BCUT2D eigenvalue weighted by Gasteiger charge is -2.39. The highest BCUT2D eigenvalue weighted by Crippen LogP contribution is 2.34. The van der Waals surface area contributed by atoms with Crippen molar-refractivity contribution in [3.05, 3.63) is 64.2 Å². The van der Waals surface area contributed by atoms with Crippen LogP contribution in [0.4, 0.5) is 28.4 Å². The molecule has 0 bridgehead atoms. The maximum atomic E-state index is 13.2. The lowest BCUT2D eigenvalue weighted by molar-refractivity contribution is 0.102. The van der Waals surface area contributed by atoms with E-state index in [4.69, 9.17) is 4.74 Å². The number of aromatic nitrogens is 2. The Kier molecular flexibility index (Phi) is 6.51. The predicted octanol–water partition coefficient (Wildman–Crippen LogP) is 3.02. The number of ether oxygens (including phenoxy) is 1. The van der Waals surface area contributed by atoms with Gasteiger partial charge in [-0.25, -0.2) is 4.98 Å². The molecule has 0 spiro atoms. The van der Waals surface area contributed by atoms with E-state index in [0.29, 0.717) is 42.1 Å². The van der Waals surface area contributed by atoms with Crippen molar-refractivity contribution in [2.24, 2.45) is 0 Å². The number of fused-ring (bicyclic) bond motifs is 1. The molecular formula is C26H31N7O3. The fourth-order valence-corrected chi connectivity index (χ4v) is 4.53. The molecule has 1 saturated heterocycles. The number of amides is 1. The number of H-pyrrole nitrogens is 1. The van der Waals surface area contributed by atoms with Crippen molar-refractivity contribution in [2.45, 2.75) is 19.9 Å². The average molecular weight is 490 g/mol. The molecule has 1 amide bonds. The number of piperazine rings is 1. The van der Waals surface area contributed by atoms with Crippen LogP contribution in [0, 0.1) is 6.92 Å². The highest BCUT2D eigenvalue weighted by molar-refractivity contribution is 6.08. The summed E-state index contributed by atoms with van der Waals surface area (Å²) in [6.07, 6.45) is 3.15. The smallest absolute Gasteiger partial charge is 0.263 e. The average Bonchev–Trinajstić information content (AvgIpc) is 2.88. The molecule has 1 aromatic carbocycles. The number of pyridine rings is 2. The first-order chi connectivity index (χ1) is 17.4. The van der Waals surface area contributed by atoms with Crippen molar-refractivity contribution in [1.29, 1.82) is 0 Å². The molecule has 36 heavy (non-hydrogen) atoms. The van der Waals surface area contributed by atoms with Crippen LogP contribution in [0.1, 0.15) is 22.8 Å². The molecule has 3 aromatic rings. The predicted molar refractivity (Wildman–Crippen MR) is 142 cm³/mol. The van der Waals surface area contributed by atoms with Crippen molar-refractivity contribution in [1.82, 2.24) is 14.9 Å². The van der Waals surface area contributed by atoms with Gasteiger partial charge in [0.2, 0.25) is 5.88 Å². The van der Waals surface area contributed by atoms with Gasteiger partial charge >= 0.3 is 0 Å². The Morgan fingerprint density at radius 2 is 1.97 bits per heavy atom. The summed E-state index contributed by atoms with van der Waals surface area (Å²) >= 11 is 0. The molecule has 0 aliphatic carbocycles. The van der Waals surface area contributed by atoms with Crippen molar-refractivity contribution < 1.29 is 9.53 Å². The monoisotopic (exact) mass is 489 g/mol. The van der Waals surface area contributed by atoms with Gasteiger partial charge in [0.25, 0.3) is 11.5 Å². The Hall–Kier alpha value is -4.05. The van der Waals surface area contributed by atoms with E-state index in [2.05, 4.69) is 49.7 Å². The molecule has 0 unspecified atom stereocenters. The maximum absolute atomic E-state index is 13.2. The molecule has 4 N–H and O–H groups in total. The van der Waals surface area contributed by atoms with Crippen LogP contribution in [0.2, 0.25) is 0 Å². The molecule has 0 radical (unpaired) electrons. The summed E-state index contributed by atoms with van der Waals surface area (Å²) < 4.78 is 5.59. The van der Waals surface area contributed by atoms with Gasteiger partial charge in [0, 0.05) is 55.4 Å². The number of anilines is 5. The van der Waals surface area contributed by atoms with E-state index >= 15 is 0 Å². The second kappa shape index (κ2) is 9.90. The number of carbonyl (C=O) groups excluding carboxylic acids is 1. The van der Waals surface area contributed by atoms with Crippen LogP contribution < -0.4 is 31.1 Å². The largest absolute Gasteiger partial charge is 0.474 e. The second-order valence-electron chi connectivity index (χ2n) is 9.25. The number of nitrogens with one attached hydrogen (secondary N) is 4. The third-order valence-electron chi connectivity index (χ3n) is 6.85. The zero-order chi connectivity index (χ0) is 25.2. The molecule has 1 fully saturated rings. The first kappa shape index (κ1) is 23.7. The van der Waals surface area contributed by atoms with E-state index in [1.807, 2.05) is 31.2 Å². The molecule has 10 nitrogen and oxygen atoms in total. The molecule has 2 aliphatic heterocycles. The minimum Gasteiger partial charge on any atom is -0.474 e.